The number of ether oxygens (including phenoxy) is 2. The monoisotopic (exact) mass is 362 g/mol. The summed E-state index contributed by atoms with van der Waals surface area (Å²) in [5.74, 6) is -0.183. The van der Waals surface area contributed by atoms with Gasteiger partial charge in [-0.3, -0.25) is 9.69 Å². The number of nitrogens with zero attached hydrogens (tertiary/aromatic N) is 1. The lowest BCUT2D eigenvalue weighted by Gasteiger charge is -2.35. The van der Waals surface area contributed by atoms with E-state index in [4.69, 9.17) is 9.47 Å². The third kappa shape index (κ3) is 5.46. The van der Waals surface area contributed by atoms with Crippen LogP contribution in [0.5, 0.6) is 0 Å². The van der Waals surface area contributed by atoms with Gasteiger partial charge in [0.25, 0.3) is 0 Å². The van der Waals surface area contributed by atoms with Crippen molar-refractivity contribution in [2.24, 2.45) is 0 Å². The highest BCUT2D eigenvalue weighted by molar-refractivity contribution is 5.96. The molecule has 144 valence electrons. The number of carbonyl (C=O) groups is 2. The number of amides is 2. The highest BCUT2D eigenvalue weighted by Gasteiger charge is 2.34. The van der Waals surface area contributed by atoms with Crippen molar-refractivity contribution >= 4 is 17.7 Å². The third-order valence-electron chi connectivity index (χ3n) is 4.41. The first-order valence-electron chi connectivity index (χ1n) is 9.14. The number of piperidine rings is 1. The first-order valence-corrected chi connectivity index (χ1v) is 9.14. The Morgan fingerprint density at radius 2 is 2.00 bits per heavy atom. The first kappa shape index (κ1) is 20.2. The topological polar surface area (TPSA) is 67.9 Å². The summed E-state index contributed by atoms with van der Waals surface area (Å²) in [6.45, 7) is 7.96. The zero-order valence-corrected chi connectivity index (χ0v) is 16.4. The van der Waals surface area contributed by atoms with Gasteiger partial charge in [-0.2, -0.15) is 0 Å². The SMILES string of the molecule is COC(C)c1cccc(NC(=O)[C@H]2CCCCN2C(=O)OC(C)(C)C)c1. The Balaban J connectivity index is 2.10. The Hall–Kier alpha value is -2.08. The van der Waals surface area contributed by atoms with Crippen LogP contribution in [0.2, 0.25) is 0 Å². The number of anilines is 1. The highest BCUT2D eigenvalue weighted by Crippen LogP contribution is 2.23. The molecule has 0 radical (unpaired) electrons. The summed E-state index contributed by atoms with van der Waals surface area (Å²) in [4.78, 5) is 26.8. The van der Waals surface area contributed by atoms with Gasteiger partial charge in [-0.1, -0.05) is 12.1 Å². The van der Waals surface area contributed by atoms with Gasteiger partial charge in [0, 0.05) is 19.3 Å². The molecule has 1 saturated heterocycles. The lowest BCUT2D eigenvalue weighted by Crippen LogP contribution is -2.51. The van der Waals surface area contributed by atoms with Gasteiger partial charge in [0.1, 0.15) is 11.6 Å². The van der Waals surface area contributed by atoms with E-state index in [0.29, 0.717) is 18.7 Å². The van der Waals surface area contributed by atoms with Crippen LogP contribution in [0.4, 0.5) is 10.5 Å². The maximum absolute atomic E-state index is 12.8. The lowest BCUT2D eigenvalue weighted by molar-refractivity contribution is -0.122. The molecule has 6 heteroatoms. The van der Waals surface area contributed by atoms with Gasteiger partial charge in [-0.05, 0) is 64.7 Å². The molecular formula is C20H30N2O4. The minimum atomic E-state index is -0.583. The van der Waals surface area contributed by atoms with Crippen LogP contribution in [0.3, 0.4) is 0 Å². The summed E-state index contributed by atoms with van der Waals surface area (Å²) in [6, 6.07) is 7.06. The Morgan fingerprint density at radius 1 is 1.27 bits per heavy atom. The lowest BCUT2D eigenvalue weighted by atomic mass is 10.0. The summed E-state index contributed by atoms with van der Waals surface area (Å²) in [6.07, 6.45) is 1.94. The number of benzene rings is 1. The molecule has 0 aromatic heterocycles. The molecule has 1 heterocycles. The molecule has 1 unspecified atom stereocenters. The van der Waals surface area contributed by atoms with Gasteiger partial charge < -0.3 is 14.8 Å². The summed E-state index contributed by atoms with van der Waals surface area (Å²) in [7, 11) is 1.65. The molecule has 1 aromatic carbocycles. The van der Waals surface area contributed by atoms with E-state index in [2.05, 4.69) is 5.32 Å². The van der Waals surface area contributed by atoms with Crippen molar-refractivity contribution in [1.29, 1.82) is 0 Å². The fraction of sp³-hybridized carbons (Fsp3) is 0.600. The number of nitrogens with one attached hydrogen (secondary N) is 1. The molecule has 1 aliphatic rings. The minimum absolute atomic E-state index is 0.0557. The van der Waals surface area contributed by atoms with Gasteiger partial charge in [-0.25, -0.2) is 4.79 Å². The van der Waals surface area contributed by atoms with Crippen molar-refractivity contribution in [3.63, 3.8) is 0 Å². The molecule has 0 spiro atoms. The van der Waals surface area contributed by atoms with E-state index in [1.165, 1.54) is 0 Å². The van der Waals surface area contributed by atoms with Crippen molar-refractivity contribution in [3.8, 4) is 0 Å². The third-order valence-corrected chi connectivity index (χ3v) is 4.41. The average molecular weight is 362 g/mol. The van der Waals surface area contributed by atoms with Crippen molar-refractivity contribution in [2.45, 2.75) is 64.7 Å². The summed E-state index contributed by atoms with van der Waals surface area (Å²) >= 11 is 0. The zero-order chi connectivity index (χ0) is 19.3. The average Bonchev–Trinajstić information content (AvgIpc) is 2.59. The van der Waals surface area contributed by atoms with E-state index in [1.54, 1.807) is 12.0 Å². The van der Waals surface area contributed by atoms with E-state index in [0.717, 1.165) is 18.4 Å². The van der Waals surface area contributed by atoms with Gasteiger partial charge in [0.15, 0.2) is 0 Å². The molecule has 1 aromatic rings. The van der Waals surface area contributed by atoms with Gasteiger partial charge in [0.05, 0.1) is 6.10 Å². The van der Waals surface area contributed by atoms with Crippen LogP contribution in [0.25, 0.3) is 0 Å². The molecule has 0 bridgehead atoms. The van der Waals surface area contributed by atoms with Crippen molar-refractivity contribution in [1.82, 2.24) is 4.90 Å². The van der Waals surface area contributed by atoms with Crippen LogP contribution in [-0.2, 0) is 14.3 Å². The zero-order valence-electron chi connectivity index (χ0n) is 16.4. The predicted molar refractivity (Wildman–Crippen MR) is 101 cm³/mol. The molecule has 26 heavy (non-hydrogen) atoms. The second kappa shape index (κ2) is 8.54. The second-order valence-electron chi connectivity index (χ2n) is 7.68. The molecule has 1 fully saturated rings. The number of carbonyl (C=O) groups excluding carboxylic acids is 2. The maximum Gasteiger partial charge on any atom is 0.410 e. The molecule has 1 N–H and O–H groups in total. The van der Waals surface area contributed by atoms with Crippen molar-refractivity contribution in [2.75, 3.05) is 19.0 Å². The van der Waals surface area contributed by atoms with E-state index in [1.807, 2.05) is 52.0 Å². The van der Waals surface area contributed by atoms with E-state index >= 15 is 0 Å². The van der Waals surface area contributed by atoms with E-state index in [-0.39, 0.29) is 12.0 Å². The standard InChI is InChI=1S/C20H30N2O4/c1-14(25-5)15-9-8-10-16(13-15)21-18(23)17-11-6-7-12-22(17)19(24)26-20(2,3)4/h8-10,13-14,17H,6-7,11-12H2,1-5H3,(H,21,23)/t14?,17-/m1/s1. The van der Waals surface area contributed by atoms with Gasteiger partial charge in [0.2, 0.25) is 5.91 Å². The largest absolute Gasteiger partial charge is 0.444 e. The van der Waals surface area contributed by atoms with Crippen LogP contribution in [0.15, 0.2) is 24.3 Å². The Morgan fingerprint density at radius 3 is 2.65 bits per heavy atom. The predicted octanol–water partition coefficient (Wildman–Crippen LogP) is 4.12. The number of hydrogen-bond acceptors (Lipinski definition) is 4. The Bertz CT molecular complexity index is 639. The Kier molecular flexibility index (Phi) is 6.64. The number of methoxy groups -OCH3 is 1. The van der Waals surface area contributed by atoms with Crippen molar-refractivity contribution in [3.05, 3.63) is 29.8 Å². The number of hydrogen-bond donors (Lipinski definition) is 1. The summed E-state index contributed by atoms with van der Waals surface area (Å²) in [5.41, 5.74) is 1.10. The van der Waals surface area contributed by atoms with Crippen LogP contribution in [0.1, 0.15) is 58.6 Å². The molecule has 2 atom stereocenters. The van der Waals surface area contributed by atoms with E-state index in [9.17, 15) is 9.59 Å². The molecule has 6 nitrogen and oxygen atoms in total. The normalized spacial score (nSPS) is 19.0. The summed E-state index contributed by atoms with van der Waals surface area (Å²) < 4.78 is 10.8. The van der Waals surface area contributed by atoms with Gasteiger partial charge in [-0.15, -0.1) is 0 Å². The molecule has 0 saturated carbocycles. The fourth-order valence-corrected chi connectivity index (χ4v) is 2.97. The second-order valence-corrected chi connectivity index (χ2v) is 7.68. The van der Waals surface area contributed by atoms with Crippen LogP contribution < -0.4 is 5.32 Å². The molecular weight excluding hydrogens is 332 g/mol. The number of rotatable bonds is 4. The van der Waals surface area contributed by atoms with E-state index < -0.39 is 17.7 Å². The molecule has 0 aliphatic carbocycles. The first-order chi connectivity index (χ1) is 12.2. The van der Waals surface area contributed by atoms with Crippen molar-refractivity contribution < 1.29 is 19.1 Å². The van der Waals surface area contributed by atoms with Crippen LogP contribution in [-0.4, -0.2) is 42.2 Å². The quantitative estimate of drug-likeness (QED) is 0.875. The highest BCUT2D eigenvalue weighted by atomic mass is 16.6. The van der Waals surface area contributed by atoms with Gasteiger partial charge >= 0.3 is 6.09 Å². The maximum atomic E-state index is 12.8. The van der Waals surface area contributed by atoms with Crippen LogP contribution in [0, 0.1) is 0 Å². The Labute approximate surface area is 155 Å². The van der Waals surface area contributed by atoms with Crippen LogP contribution >= 0.6 is 0 Å². The summed E-state index contributed by atoms with van der Waals surface area (Å²) in [5, 5.41) is 2.93. The fourth-order valence-electron chi connectivity index (χ4n) is 2.97. The molecule has 2 amide bonds. The minimum Gasteiger partial charge on any atom is -0.444 e. The smallest absolute Gasteiger partial charge is 0.410 e. The molecule has 2 rings (SSSR count). The number of likely N-dealkylation sites (tertiary alicyclic amines) is 1. The molecule has 1 aliphatic heterocycles.